The zero-order valence-electron chi connectivity index (χ0n) is 11.3. The van der Waals surface area contributed by atoms with Gasteiger partial charge in [0.25, 0.3) is 5.91 Å². The van der Waals surface area contributed by atoms with E-state index in [-0.39, 0.29) is 28.5 Å². The molecule has 0 aliphatic heterocycles. The lowest BCUT2D eigenvalue weighted by Crippen LogP contribution is -2.23. The number of rotatable bonds is 5. The van der Waals surface area contributed by atoms with Crippen LogP contribution in [-0.4, -0.2) is 24.7 Å². The van der Waals surface area contributed by atoms with Crippen molar-refractivity contribution < 1.29 is 14.3 Å². The van der Waals surface area contributed by atoms with Gasteiger partial charge < -0.3 is 20.9 Å². The Bertz CT molecular complexity index is 470. The minimum Gasteiger partial charge on any atom is -0.489 e. The highest BCUT2D eigenvalue weighted by atomic mass is 35.5. The monoisotopic (exact) mass is 286 g/mol. The quantitative estimate of drug-likeness (QED) is 0.642. The molecule has 19 heavy (non-hydrogen) atoms. The maximum Gasteiger partial charge on any atom is 0.252 e. The molecule has 1 aromatic carbocycles. The van der Waals surface area contributed by atoms with Crippen molar-refractivity contribution in [1.29, 1.82) is 0 Å². The molecular formula is C13H19ClN2O3. The van der Waals surface area contributed by atoms with Crippen molar-refractivity contribution in [2.45, 2.75) is 26.4 Å². The molecular weight excluding hydrogens is 268 g/mol. The first-order chi connectivity index (χ1) is 8.70. The number of carbonyl (C=O) groups excluding carboxylic acids is 1. The summed E-state index contributed by atoms with van der Waals surface area (Å²) in [6.45, 7) is 6.47. The molecule has 0 saturated heterocycles. The summed E-state index contributed by atoms with van der Waals surface area (Å²) in [6.07, 6.45) is 0. The number of ether oxygens (including phenoxy) is 2. The van der Waals surface area contributed by atoms with Crippen molar-refractivity contribution in [1.82, 2.24) is 0 Å². The van der Waals surface area contributed by atoms with Crippen molar-refractivity contribution in [3.05, 3.63) is 22.7 Å². The second-order valence-corrected chi connectivity index (χ2v) is 5.46. The standard InChI is InChI=1S/C13H19ClN2O3/c1-13(2,3)19-5-4-18-11-9(12(16)17)6-8(15)7-10(11)14/h6-7H,4-5,15H2,1-3H3,(H2,16,17). The summed E-state index contributed by atoms with van der Waals surface area (Å²) in [5.74, 6) is -0.401. The Balaban J connectivity index is 2.75. The largest absolute Gasteiger partial charge is 0.489 e. The van der Waals surface area contributed by atoms with Crippen LogP contribution in [0.4, 0.5) is 5.69 Å². The van der Waals surface area contributed by atoms with E-state index in [1.54, 1.807) is 0 Å². The molecule has 1 aromatic rings. The summed E-state index contributed by atoms with van der Waals surface area (Å²) in [5.41, 5.74) is 11.1. The third-order valence-electron chi connectivity index (χ3n) is 2.20. The number of anilines is 1. The number of carbonyl (C=O) groups is 1. The maximum absolute atomic E-state index is 11.3. The van der Waals surface area contributed by atoms with Crippen LogP contribution in [0.3, 0.4) is 0 Å². The number of benzene rings is 1. The van der Waals surface area contributed by atoms with E-state index in [1.165, 1.54) is 12.1 Å². The summed E-state index contributed by atoms with van der Waals surface area (Å²) in [4.78, 5) is 11.3. The number of amides is 1. The van der Waals surface area contributed by atoms with Crippen LogP contribution in [0.2, 0.25) is 5.02 Å². The van der Waals surface area contributed by atoms with E-state index in [4.69, 9.17) is 32.5 Å². The first-order valence-electron chi connectivity index (χ1n) is 5.86. The third kappa shape index (κ3) is 4.96. The zero-order valence-corrected chi connectivity index (χ0v) is 12.1. The first kappa shape index (κ1) is 15.6. The summed E-state index contributed by atoms with van der Waals surface area (Å²) >= 11 is 5.99. The molecule has 4 N–H and O–H groups in total. The predicted molar refractivity (Wildman–Crippen MR) is 75.6 cm³/mol. The third-order valence-corrected chi connectivity index (χ3v) is 2.48. The molecule has 0 bridgehead atoms. The Kier molecular flexibility index (Phi) is 5.03. The van der Waals surface area contributed by atoms with Gasteiger partial charge in [-0.3, -0.25) is 4.79 Å². The van der Waals surface area contributed by atoms with Crippen molar-refractivity contribution in [3.63, 3.8) is 0 Å². The van der Waals surface area contributed by atoms with E-state index in [1.807, 2.05) is 20.8 Å². The van der Waals surface area contributed by atoms with Crippen LogP contribution < -0.4 is 16.2 Å². The number of primary amides is 1. The Labute approximate surface area is 117 Å². The molecule has 0 fully saturated rings. The number of hydrogen-bond donors (Lipinski definition) is 2. The van der Waals surface area contributed by atoms with Crippen LogP contribution in [0.5, 0.6) is 5.75 Å². The van der Waals surface area contributed by atoms with E-state index in [2.05, 4.69) is 0 Å². The smallest absolute Gasteiger partial charge is 0.252 e. The Morgan fingerprint density at radius 3 is 2.47 bits per heavy atom. The first-order valence-corrected chi connectivity index (χ1v) is 6.24. The average Bonchev–Trinajstić information content (AvgIpc) is 2.24. The Hall–Kier alpha value is -1.46. The van der Waals surface area contributed by atoms with Crippen molar-refractivity contribution in [2.75, 3.05) is 18.9 Å². The molecule has 0 radical (unpaired) electrons. The maximum atomic E-state index is 11.3. The van der Waals surface area contributed by atoms with Gasteiger partial charge in [-0.15, -0.1) is 0 Å². The number of nitrogen functional groups attached to an aromatic ring is 1. The number of nitrogens with two attached hydrogens (primary N) is 2. The SMILES string of the molecule is CC(C)(C)OCCOc1c(Cl)cc(N)cc1C(N)=O. The highest BCUT2D eigenvalue weighted by molar-refractivity contribution is 6.33. The fourth-order valence-corrected chi connectivity index (χ4v) is 1.72. The number of halogens is 1. The zero-order chi connectivity index (χ0) is 14.6. The lowest BCUT2D eigenvalue weighted by molar-refractivity contribution is -0.0163. The summed E-state index contributed by atoms with van der Waals surface area (Å²) in [5, 5.41) is 0.254. The average molecular weight is 287 g/mol. The highest BCUT2D eigenvalue weighted by Gasteiger charge is 2.15. The summed E-state index contributed by atoms with van der Waals surface area (Å²) < 4.78 is 11.0. The minimum absolute atomic E-state index is 0.167. The Morgan fingerprint density at radius 1 is 1.32 bits per heavy atom. The normalized spacial score (nSPS) is 11.4. The van der Waals surface area contributed by atoms with Gasteiger partial charge in [0.05, 0.1) is 22.8 Å². The van der Waals surface area contributed by atoms with Crippen molar-refractivity contribution >= 4 is 23.2 Å². The molecule has 5 nitrogen and oxygen atoms in total. The van der Waals surface area contributed by atoms with E-state index < -0.39 is 5.91 Å². The van der Waals surface area contributed by atoms with Gasteiger partial charge in [-0.2, -0.15) is 0 Å². The molecule has 0 unspecified atom stereocenters. The fourth-order valence-electron chi connectivity index (χ4n) is 1.44. The van der Waals surface area contributed by atoms with Crippen LogP contribution in [0.15, 0.2) is 12.1 Å². The van der Waals surface area contributed by atoms with Crippen LogP contribution in [0, 0.1) is 0 Å². The van der Waals surface area contributed by atoms with Gasteiger partial charge >= 0.3 is 0 Å². The molecule has 106 valence electrons. The van der Waals surface area contributed by atoms with Gasteiger partial charge in [0, 0.05) is 5.69 Å². The van der Waals surface area contributed by atoms with Gasteiger partial charge in [0.2, 0.25) is 0 Å². The molecule has 0 spiro atoms. The molecule has 0 saturated carbocycles. The number of hydrogen-bond acceptors (Lipinski definition) is 4. The topological polar surface area (TPSA) is 87.6 Å². The van der Waals surface area contributed by atoms with Crippen LogP contribution in [0.1, 0.15) is 31.1 Å². The van der Waals surface area contributed by atoms with E-state index in [0.29, 0.717) is 12.3 Å². The Morgan fingerprint density at radius 2 is 1.95 bits per heavy atom. The van der Waals surface area contributed by atoms with Gasteiger partial charge in [-0.25, -0.2) is 0 Å². The summed E-state index contributed by atoms with van der Waals surface area (Å²) in [7, 11) is 0. The molecule has 6 heteroatoms. The molecule has 0 heterocycles. The highest BCUT2D eigenvalue weighted by Crippen LogP contribution is 2.31. The van der Waals surface area contributed by atoms with Crippen molar-refractivity contribution in [2.24, 2.45) is 5.73 Å². The van der Waals surface area contributed by atoms with E-state index in [9.17, 15) is 4.79 Å². The molecule has 1 amide bonds. The van der Waals surface area contributed by atoms with Gasteiger partial charge in [0.1, 0.15) is 6.61 Å². The van der Waals surface area contributed by atoms with Gasteiger partial charge in [-0.05, 0) is 32.9 Å². The van der Waals surface area contributed by atoms with E-state index in [0.717, 1.165) is 0 Å². The second-order valence-electron chi connectivity index (χ2n) is 5.05. The van der Waals surface area contributed by atoms with Gasteiger partial charge in [0.15, 0.2) is 5.75 Å². The van der Waals surface area contributed by atoms with Crippen LogP contribution >= 0.6 is 11.6 Å². The fraction of sp³-hybridized carbons (Fsp3) is 0.462. The van der Waals surface area contributed by atoms with Gasteiger partial charge in [-0.1, -0.05) is 11.6 Å². The molecule has 0 aromatic heterocycles. The second kappa shape index (κ2) is 6.12. The van der Waals surface area contributed by atoms with Crippen LogP contribution in [0.25, 0.3) is 0 Å². The molecule has 0 aliphatic rings. The molecule has 1 rings (SSSR count). The summed E-state index contributed by atoms with van der Waals surface area (Å²) in [6, 6.07) is 2.95. The lowest BCUT2D eigenvalue weighted by Gasteiger charge is -2.20. The van der Waals surface area contributed by atoms with E-state index >= 15 is 0 Å². The predicted octanol–water partition coefficient (Wildman–Crippen LogP) is 2.21. The van der Waals surface area contributed by atoms with Crippen molar-refractivity contribution in [3.8, 4) is 5.75 Å². The molecule has 0 atom stereocenters. The molecule has 0 aliphatic carbocycles. The van der Waals surface area contributed by atoms with Crippen LogP contribution in [-0.2, 0) is 4.74 Å². The minimum atomic E-state index is -0.638. The lowest BCUT2D eigenvalue weighted by atomic mass is 10.1.